The van der Waals surface area contributed by atoms with Crippen LogP contribution in [0.4, 0.5) is 11.4 Å². The second-order valence-electron chi connectivity index (χ2n) is 6.00. The van der Waals surface area contributed by atoms with Gasteiger partial charge >= 0.3 is 0 Å². The van der Waals surface area contributed by atoms with Gasteiger partial charge in [0.25, 0.3) is 0 Å². The molecule has 1 aliphatic carbocycles. The summed E-state index contributed by atoms with van der Waals surface area (Å²) in [5, 5.41) is 0. The van der Waals surface area contributed by atoms with Gasteiger partial charge in [0.2, 0.25) is 0 Å². The number of benzene rings is 1. The fourth-order valence-corrected chi connectivity index (χ4v) is 2.99. The summed E-state index contributed by atoms with van der Waals surface area (Å²) in [5.74, 6) is 2.39. The van der Waals surface area contributed by atoms with Gasteiger partial charge < -0.3 is 20.1 Å². The number of anilines is 2. The van der Waals surface area contributed by atoms with Crippen molar-refractivity contribution >= 4 is 11.4 Å². The second-order valence-corrected chi connectivity index (χ2v) is 6.00. The number of nitrogen functional groups attached to an aromatic ring is 1. The zero-order valence-electron chi connectivity index (χ0n) is 13.0. The normalized spacial score (nSPS) is 19.6. The zero-order valence-corrected chi connectivity index (χ0v) is 13.0. The molecule has 5 heteroatoms. The van der Waals surface area contributed by atoms with E-state index in [2.05, 4.69) is 9.80 Å². The van der Waals surface area contributed by atoms with Crippen molar-refractivity contribution < 1.29 is 9.47 Å². The van der Waals surface area contributed by atoms with Gasteiger partial charge in [-0.3, -0.25) is 4.90 Å². The maximum atomic E-state index is 6.19. The van der Waals surface area contributed by atoms with Crippen LogP contribution in [0.5, 0.6) is 11.5 Å². The first-order valence-electron chi connectivity index (χ1n) is 7.70. The van der Waals surface area contributed by atoms with Gasteiger partial charge in [0.05, 0.1) is 25.6 Å². The molecule has 5 nitrogen and oxygen atoms in total. The SMILES string of the molecule is COc1cc(N)c(N2CCN(CC3CC3)CC2)cc1OC. The summed E-state index contributed by atoms with van der Waals surface area (Å²) in [5.41, 5.74) is 7.99. The van der Waals surface area contributed by atoms with Gasteiger partial charge in [-0.25, -0.2) is 0 Å². The van der Waals surface area contributed by atoms with Gasteiger partial charge in [-0.1, -0.05) is 0 Å². The number of methoxy groups -OCH3 is 2. The highest BCUT2D eigenvalue weighted by molar-refractivity contribution is 5.73. The Hall–Kier alpha value is -1.62. The molecule has 0 radical (unpaired) electrons. The number of piperazine rings is 1. The van der Waals surface area contributed by atoms with Gasteiger partial charge in [0, 0.05) is 44.9 Å². The fourth-order valence-electron chi connectivity index (χ4n) is 2.99. The minimum Gasteiger partial charge on any atom is -0.493 e. The maximum Gasteiger partial charge on any atom is 0.162 e. The van der Waals surface area contributed by atoms with Gasteiger partial charge in [-0.05, 0) is 18.8 Å². The molecule has 116 valence electrons. The Kier molecular flexibility index (Phi) is 4.10. The average Bonchev–Trinajstić information content (AvgIpc) is 3.32. The van der Waals surface area contributed by atoms with Gasteiger partial charge in [-0.2, -0.15) is 0 Å². The monoisotopic (exact) mass is 291 g/mol. The van der Waals surface area contributed by atoms with E-state index in [1.165, 1.54) is 19.4 Å². The van der Waals surface area contributed by atoms with E-state index in [9.17, 15) is 0 Å². The van der Waals surface area contributed by atoms with Crippen molar-refractivity contribution in [2.24, 2.45) is 5.92 Å². The molecule has 0 amide bonds. The lowest BCUT2D eigenvalue weighted by atomic mass is 10.2. The molecule has 0 atom stereocenters. The molecule has 1 aliphatic heterocycles. The van der Waals surface area contributed by atoms with Gasteiger partial charge in [0.15, 0.2) is 11.5 Å². The predicted octanol–water partition coefficient (Wildman–Crippen LogP) is 1.82. The molecule has 21 heavy (non-hydrogen) atoms. The largest absolute Gasteiger partial charge is 0.493 e. The molecule has 1 heterocycles. The maximum absolute atomic E-state index is 6.19. The van der Waals surface area contributed by atoms with E-state index in [1.807, 2.05) is 12.1 Å². The minimum atomic E-state index is 0.686. The second kappa shape index (κ2) is 6.02. The van der Waals surface area contributed by atoms with E-state index in [-0.39, 0.29) is 0 Å². The molecule has 1 saturated carbocycles. The van der Waals surface area contributed by atoms with Crippen molar-refractivity contribution in [3.8, 4) is 11.5 Å². The van der Waals surface area contributed by atoms with E-state index in [0.29, 0.717) is 5.75 Å². The lowest BCUT2D eigenvalue weighted by Crippen LogP contribution is -2.47. The molecule has 1 aromatic carbocycles. The topological polar surface area (TPSA) is 51.0 Å². The summed E-state index contributed by atoms with van der Waals surface area (Å²) in [6.45, 7) is 5.54. The van der Waals surface area contributed by atoms with Gasteiger partial charge in [0.1, 0.15) is 0 Å². The van der Waals surface area contributed by atoms with Crippen LogP contribution < -0.4 is 20.1 Å². The Morgan fingerprint density at radius 1 is 1.05 bits per heavy atom. The molecule has 2 aliphatic rings. The molecule has 1 aromatic rings. The Morgan fingerprint density at radius 2 is 1.67 bits per heavy atom. The molecule has 2 N–H and O–H groups in total. The van der Waals surface area contributed by atoms with Crippen molar-refractivity contribution in [3.63, 3.8) is 0 Å². The van der Waals surface area contributed by atoms with Crippen LogP contribution in [0.15, 0.2) is 12.1 Å². The number of nitrogens with two attached hydrogens (primary N) is 1. The summed E-state index contributed by atoms with van der Waals surface area (Å²) in [6.07, 6.45) is 2.84. The summed E-state index contributed by atoms with van der Waals surface area (Å²) >= 11 is 0. The van der Waals surface area contributed by atoms with Crippen LogP contribution in [-0.2, 0) is 0 Å². The van der Waals surface area contributed by atoms with Crippen molar-refractivity contribution in [2.45, 2.75) is 12.8 Å². The van der Waals surface area contributed by atoms with Crippen molar-refractivity contribution in [2.75, 3.05) is 57.6 Å². The summed E-state index contributed by atoms with van der Waals surface area (Å²) in [6, 6.07) is 3.84. The average molecular weight is 291 g/mol. The molecule has 0 unspecified atom stereocenters. The van der Waals surface area contributed by atoms with Crippen LogP contribution in [-0.4, -0.2) is 51.8 Å². The van der Waals surface area contributed by atoms with Crippen molar-refractivity contribution in [1.29, 1.82) is 0 Å². The lowest BCUT2D eigenvalue weighted by Gasteiger charge is -2.36. The molecular formula is C16H25N3O2. The summed E-state index contributed by atoms with van der Waals surface area (Å²) < 4.78 is 10.7. The number of hydrogen-bond donors (Lipinski definition) is 1. The first-order valence-corrected chi connectivity index (χ1v) is 7.70. The fraction of sp³-hybridized carbons (Fsp3) is 0.625. The highest BCUT2D eigenvalue weighted by Gasteiger charge is 2.27. The van der Waals surface area contributed by atoms with Crippen LogP contribution in [0, 0.1) is 5.92 Å². The summed E-state index contributed by atoms with van der Waals surface area (Å²) in [7, 11) is 3.29. The first-order chi connectivity index (χ1) is 10.2. The Labute approximate surface area is 126 Å². The Morgan fingerprint density at radius 3 is 2.24 bits per heavy atom. The molecule has 2 fully saturated rings. The van der Waals surface area contributed by atoms with Crippen LogP contribution in [0.25, 0.3) is 0 Å². The third-order valence-corrected chi connectivity index (χ3v) is 4.46. The summed E-state index contributed by atoms with van der Waals surface area (Å²) in [4.78, 5) is 4.92. The van der Waals surface area contributed by atoms with E-state index >= 15 is 0 Å². The smallest absolute Gasteiger partial charge is 0.162 e. The van der Waals surface area contributed by atoms with Crippen molar-refractivity contribution in [1.82, 2.24) is 4.90 Å². The van der Waals surface area contributed by atoms with E-state index < -0.39 is 0 Å². The molecule has 3 rings (SSSR count). The molecule has 1 saturated heterocycles. The van der Waals surface area contributed by atoms with E-state index in [0.717, 1.165) is 49.2 Å². The predicted molar refractivity (Wildman–Crippen MR) is 85.3 cm³/mol. The lowest BCUT2D eigenvalue weighted by molar-refractivity contribution is 0.248. The third kappa shape index (κ3) is 3.18. The van der Waals surface area contributed by atoms with Crippen molar-refractivity contribution in [3.05, 3.63) is 12.1 Å². The van der Waals surface area contributed by atoms with Crippen LogP contribution in [0.1, 0.15) is 12.8 Å². The minimum absolute atomic E-state index is 0.686. The van der Waals surface area contributed by atoms with Crippen LogP contribution in [0.3, 0.4) is 0 Å². The first kappa shape index (κ1) is 14.3. The van der Waals surface area contributed by atoms with Crippen LogP contribution >= 0.6 is 0 Å². The zero-order chi connectivity index (χ0) is 14.8. The molecular weight excluding hydrogens is 266 g/mol. The Balaban J connectivity index is 1.69. The number of ether oxygens (including phenoxy) is 2. The molecule has 0 spiro atoms. The third-order valence-electron chi connectivity index (χ3n) is 4.46. The van der Waals surface area contributed by atoms with Crippen LogP contribution in [0.2, 0.25) is 0 Å². The van der Waals surface area contributed by atoms with Gasteiger partial charge in [-0.15, -0.1) is 0 Å². The highest BCUT2D eigenvalue weighted by Crippen LogP contribution is 2.37. The molecule has 0 aromatic heterocycles. The van der Waals surface area contributed by atoms with E-state index in [1.54, 1.807) is 14.2 Å². The number of rotatable bonds is 5. The standard InChI is InChI=1S/C16H25N3O2/c1-20-15-9-13(17)14(10-16(15)21-2)19-7-5-18(6-8-19)11-12-3-4-12/h9-10,12H,3-8,11,17H2,1-2H3. The number of hydrogen-bond acceptors (Lipinski definition) is 5. The van der Waals surface area contributed by atoms with E-state index in [4.69, 9.17) is 15.2 Å². The highest BCUT2D eigenvalue weighted by atomic mass is 16.5. The molecule has 0 bridgehead atoms. The quantitative estimate of drug-likeness (QED) is 0.839. The number of nitrogens with zero attached hydrogens (tertiary/aromatic N) is 2. The Bertz CT molecular complexity index is 495.